The molecule has 1 rings (SSSR count). The molecule has 0 heterocycles. The van der Waals surface area contributed by atoms with Gasteiger partial charge in [0, 0.05) is 0 Å². The van der Waals surface area contributed by atoms with Crippen molar-refractivity contribution in [1.82, 2.24) is 0 Å². The van der Waals surface area contributed by atoms with Gasteiger partial charge in [-0.15, -0.1) is 0 Å². The van der Waals surface area contributed by atoms with Gasteiger partial charge < -0.3 is 5.11 Å². The second-order valence-electron chi connectivity index (χ2n) is 2.85. The molecule has 0 aliphatic heterocycles. The van der Waals surface area contributed by atoms with E-state index in [1.165, 1.54) is 0 Å². The highest BCUT2D eigenvalue weighted by molar-refractivity contribution is 5.70. The summed E-state index contributed by atoms with van der Waals surface area (Å²) in [5.74, 6) is -0.257. The van der Waals surface area contributed by atoms with Crippen LogP contribution < -0.4 is 0 Å². The van der Waals surface area contributed by atoms with E-state index in [4.69, 9.17) is 5.11 Å². The third kappa shape index (κ3) is 1.23. The molecule has 1 saturated carbocycles. The Hall–Kier alpha value is -0.530. The highest BCUT2D eigenvalue weighted by atomic mass is 16.4. The van der Waals surface area contributed by atoms with Crippen molar-refractivity contribution in [2.24, 2.45) is 11.8 Å². The first-order valence-corrected chi connectivity index (χ1v) is 3.44. The largest absolute Gasteiger partial charge is 0.481 e. The molecule has 0 aromatic heterocycles. The maximum Gasteiger partial charge on any atom is 0.306 e. The number of carboxylic acids is 1. The maximum absolute atomic E-state index is 10.4. The van der Waals surface area contributed by atoms with E-state index >= 15 is 0 Å². The van der Waals surface area contributed by atoms with Crippen molar-refractivity contribution in [3.8, 4) is 0 Å². The van der Waals surface area contributed by atoms with Gasteiger partial charge in [0.25, 0.3) is 0 Å². The summed E-state index contributed by atoms with van der Waals surface area (Å²) in [5, 5.41) is 8.58. The van der Waals surface area contributed by atoms with Gasteiger partial charge >= 0.3 is 5.97 Å². The van der Waals surface area contributed by atoms with E-state index in [1.807, 2.05) is 6.92 Å². The molecule has 9 heavy (non-hydrogen) atoms. The molecule has 0 radical (unpaired) electrons. The van der Waals surface area contributed by atoms with E-state index in [9.17, 15) is 4.79 Å². The Morgan fingerprint density at radius 3 is 2.44 bits per heavy atom. The lowest BCUT2D eigenvalue weighted by molar-refractivity contribution is -0.142. The van der Waals surface area contributed by atoms with Crippen molar-refractivity contribution < 1.29 is 9.90 Å². The van der Waals surface area contributed by atoms with Crippen LogP contribution in [-0.2, 0) is 4.79 Å². The summed E-state index contributed by atoms with van der Waals surface area (Å²) < 4.78 is 0. The van der Waals surface area contributed by atoms with E-state index in [0.717, 1.165) is 19.3 Å². The van der Waals surface area contributed by atoms with Gasteiger partial charge in [-0.25, -0.2) is 0 Å². The summed E-state index contributed by atoms with van der Waals surface area (Å²) in [5.41, 5.74) is 0. The number of rotatable bonds is 1. The molecular weight excluding hydrogens is 116 g/mol. The Morgan fingerprint density at radius 1 is 1.56 bits per heavy atom. The number of carbonyl (C=O) groups is 1. The van der Waals surface area contributed by atoms with Crippen LogP contribution >= 0.6 is 0 Å². The number of aliphatic carboxylic acids is 1. The van der Waals surface area contributed by atoms with Crippen LogP contribution in [0.15, 0.2) is 0 Å². The lowest BCUT2D eigenvalue weighted by Crippen LogP contribution is -2.15. The van der Waals surface area contributed by atoms with Crippen LogP contribution in [0.5, 0.6) is 0 Å². The average molecular weight is 128 g/mol. The Labute approximate surface area is 54.9 Å². The highest BCUT2D eigenvalue weighted by Crippen LogP contribution is 2.30. The van der Waals surface area contributed by atoms with Crippen LogP contribution in [0.3, 0.4) is 0 Å². The summed E-state index contributed by atoms with van der Waals surface area (Å²) in [4.78, 5) is 10.4. The molecule has 2 atom stereocenters. The molecule has 2 heteroatoms. The van der Waals surface area contributed by atoms with E-state index in [2.05, 4.69) is 0 Å². The fourth-order valence-corrected chi connectivity index (χ4v) is 1.51. The van der Waals surface area contributed by atoms with Gasteiger partial charge in [0.1, 0.15) is 0 Å². The van der Waals surface area contributed by atoms with Gasteiger partial charge in [-0.2, -0.15) is 0 Å². The minimum atomic E-state index is -0.611. The number of hydrogen-bond acceptors (Lipinski definition) is 1. The Balaban J connectivity index is 2.49. The van der Waals surface area contributed by atoms with Crippen LogP contribution in [0.1, 0.15) is 26.2 Å². The van der Waals surface area contributed by atoms with Crippen molar-refractivity contribution in [1.29, 1.82) is 0 Å². The maximum atomic E-state index is 10.4. The zero-order valence-corrected chi connectivity index (χ0v) is 5.63. The van der Waals surface area contributed by atoms with E-state index < -0.39 is 5.97 Å². The number of hydrogen-bond donors (Lipinski definition) is 1. The SMILES string of the molecule is C[C@@H]1CCCC1C(=O)O. The molecule has 1 aliphatic carbocycles. The quantitative estimate of drug-likeness (QED) is 0.581. The minimum Gasteiger partial charge on any atom is -0.481 e. The van der Waals surface area contributed by atoms with Gasteiger partial charge in [-0.05, 0) is 18.8 Å². The number of carboxylic acid groups (broad SMARTS) is 1. The lowest BCUT2D eigenvalue weighted by Gasteiger charge is -2.07. The van der Waals surface area contributed by atoms with Crippen LogP contribution in [0.4, 0.5) is 0 Å². The Bertz CT molecular complexity index is 120. The molecule has 0 spiro atoms. The van der Waals surface area contributed by atoms with E-state index in [0.29, 0.717) is 5.92 Å². The molecule has 0 aromatic rings. The normalized spacial score (nSPS) is 34.8. The smallest absolute Gasteiger partial charge is 0.306 e. The molecule has 1 fully saturated rings. The first-order chi connectivity index (χ1) is 4.22. The van der Waals surface area contributed by atoms with Crippen LogP contribution in [-0.4, -0.2) is 11.1 Å². The van der Waals surface area contributed by atoms with Crippen LogP contribution in [0, 0.1) is 11.8 Å². The van der Waals surface area contributed by atoms with E-state index in [-0.39, 0.29) is 5.92 Å². The molecule has 0 aromatic carbocycles. The fourth-order valence-electron chi connectivity index (χ4n) is 1.51. The molecular formula is C7H12O2. The average Bonchev–Trinajstić information content (AvgIpc) is 2.13. The van der Waals surface area contributed by atoms with Crippen LogP contribution in [0.25, 0.3) is 0 Å². The third-order valence-corrected chi connectivity index (χ3v) is 2.18. The predicted octanol–water partition coefficient (Wildman–Crippen LogP) is 1.51. The summed E-state index contributed by atoms with van der Waals surface area (Å²) >= 11 is 0. The summed E-state index contributed by atoms with van der Waals surface area (Å²) in [6, 6.07) is 0. The van der Waals surface area contributed by atoms with E-state index in [1.54, 1.807) is 0 Å². The predicted molar refractivity (Wildman–Crippen MR) is 34.1 cm³/mol. The monoisotopic (exact) mass is 128 g/mol. The van der Waals surface area contributed by atoms with Crippen molar-refractivity contribution >= 4 is 5.97 Å². The topological polar surface area (TPSA) is 37.3 Å². The van der Waals surface area contributed by atoms with Gasteiger partial charge in [0.15, 0.2) is 0 Å². The second-order valence-corrected chi connectivity index (χ2v) is 2.85. The Kier molecular flexibility index (Phi) is 1.74. The molecule has 0 amide bonds. The zero-order valence-electron chi connectivity index (χ0n) is 5.63. The van der Waals surface area contributed by atoms with Gasteiger partial charge in [-0.1, -0.05) is 13.3 Å². The van der Waals surface area contributed by atoms with Crippen molar-refractivity contribution in [3.63, 3.8) is 0 Å². The molecule has 1 unspecified atom stereocenters. The van der Waals surface area contributed by atoms with Crippen molar-refractivity contribution in [2.75, 3.05) is 0 Å². The lowest BCUT2D eigenvalue weighted by atomic mass is 9.99. The zero-order chi connectivity index (χ0) is 6.85. The van der Waals surface area contributed by atoms with Gasteiger partial charge in [0.05, 0.1) is 5.92 Å². The van der Waals surface area contributed by atoms with Crippen LogP contribution in [0.2, 0.25) is 0 Å². The van der Waals surface area contributed by atoms with Crippen molar-refractivity contribution in [3.05, 3.63) is 0 Å². The molecule has 1 N–H and O–H groups in total. The summed E-state index contributed by atoms with van der Waals surface area (Å²) in [6.07, 6.45) is 3.08. The third-order valence-electron chi connectivity index (χ3n) is 2.18. The standard InChI is InChI=1S/C7H12O2/c1-5-3-2-4-6(5)7(8)9/h5-6H,2-4H2,1H3,(H,8,9)/t5-,6?/m1/s1. The first-order valence-electron chi connectivity index (χ1n) is 3.44. The molecule has 0 bridgehead atoms. The fraction of sp³-hybridized carbons (Fsp3) is 0.857. The molecule has 0 saturated heterocycles. The summed E-state index contributed by atoms with van der Waals surface area (Å²) in [6.45, 7) is 2.02. The Morgan fingerprint density at radius 2 is 2.22 bits per heavy atom. The van der Waals surface area contributed by atoms with Crippen molar-refractivity contribution in [2.45, 2.75) is 26.2 Å². The summed E-state index contributed by atoms with van der Waals surface area (Å²) in [7, 11) is 0. The van der Waals surface area contributed by atoms with Gasteiger partial charge in [-0.3, -0.25) is 4.79 Å². The first kappa shape index (κ1) is 6.59. The molecule has 2 nitrogen and oxygen atoms in total. The molecule has 52 valence electrons. The highest BCUT2D eigenvalue weighted by Gasteiger charge is 2.28. The van der Waals surface area contributed by atoms with Gasteiger partial charge in [0.2, 0.25) is 0 Å². The second kappa shape index (κ2) is 2.38. The minimum absolute atomic E-state index is 0.0509. The molecule has 1 aliphatic rings.